The van der Waals surface area contributed by atoms with Gasteiger partial charge in [-0.3, -0.25) is 0 Å². The van der Waals surface area contributed by atoms with Crippen molar-refractivity contribution in [2.75, 3.05) is 6.61 Å². The summed E-state index contributed by atoms with van der Waals surface area (Å²) >= 11 is 5.33. The molecular formula is C21H24N4OS. The van der Waals surface area contributed by atoms with Gasteiger partial charge in [0.1, 0.15) is 5.75 Å². The first-order valence-corrected chi connectivity index (χ1v) is 9.35. The van der Waals surface area contributed by atoms with E-state index in [0.29, 0.717) is 17.2 Å². The van der Waals surface area contributed by atoms with Gasteiger partial charge in [0.05, 0.1) is 12.8 Å². The van der Waals surface area contributed by atoms with E-state index < -0.39 is 0 Å². The van der Waals surface area contributed by atoms with Crippen LogP contribution in [0.15, 0.2) is 53.6 Å². The highest BCUT2D eigenvalue weighted by molar-refractivity contribution is 7.71. The summed E-state index contributed by atoms with van der Waals surface area (Å²) in [5.74, 6) is 1.48. The molecule has 1 aromatic heterocycles. The average molecular weight is 381 g/mol. The minimum absolute atomic E-state index is 0.129. The van der Waals surface area contributed by atoms with Crippen LogP contribution >= 0.6 is 12.2 Å². The SMILES string of the molecule is CCOc1ccc(-c2n[nH]c(=S)n2/N=C\c2ccc(C(C)(C)C)cc2)cc1. The molecule has 3 aromatic rings. The van der Waals surface area contributed by atoms with E-state index >= 15 is 0 Å². The second-order valence-electron chi connectivity index (χ2n) is 7.24. The lowest BCUT2D eigenvalue weighted by molar-refractivity contribution is 0.340. The zero-order valence-electron chi connectivity index (χ0n) is 16.1. The zero-order valence-corrected chi connectivity index (χ0v) is 16.9. The number of nitrogens with one attached hydrogen (secondary N) is 1. The van der Waals surface area contributed by atoms with Crippen molar-refractivity contribution in [2.45, 2.75) is 33.1 Å². The minimum atomic E-state index is 0.129. The van der Waals surface area contributed by atoms with E-state index in [1.165, 1.54) is 5.56 Å². The van der Waals surface area contributed by atoms with Crippen molar-refractivity contribution in [1.82, 2.24) is 14.9 Å². The van der Waals surface area contributed by atoms with Crippen molar-refractivity contribution in [2.24, 2.45) is 5.10 Å². The maximum atomic E-state index is 5.49. The number of hydrogen-bond acceptors (Lipinski definition) is 4. The van der Waals surface area contributed by atoms with Crippen LogP contribution < -0.4 is 4.74 Å². The van der Waals surface area contributed by atoms with Crippen LogP contribution in [0.1, 0.15) is 38.8 Å². The van der Waals surface area contributed by atoms with Crippen molar-refractivity contribution in [3.63, 3.8) is 0 Å². The largest absolute Gasteiger partial charge is 0.494 e. The van der Waals surface area contributed by atoms with Gasteiger partial charge in [0.25, 0.3) is 0 Å². The molecule has 6 heteroatoms. The van der Waals surface area contributed by atoms with Gasteiger partial charge in [0.15, 0.2) is 5.82 Å². The van der Waals surface area contributed by atoms with Crippen LogP contribution in [0.2, 0.25) is 0 Å². The van der Waals surface area contributed by atoms with E-state index in [-0.39, 0.29) is 5.41 Å². The number of aromatic nitrogens is 3. The molecule has 0 spiro atoms. The van der Waals surface area contributed by atoms with Crippen molar-refractivity contribution in [1.29, 1.82) is 0 Å². The molecule has 0 aliphatic carbocycles. The molecule has 1 N–H and O–H groups in total. The molecule has 3 rings (SSSR count). The molecule has 0 atom stereocenters. The van der Waals surface area contributed by atoms with Gasteiger partial charge in [-0.25, -0.2) is 5.10 Å². The van der Waals surface area contributed by atoms with Crippen LogP contribution in [0.3, 0.4) is 0 Å². The van der Waals surface area contributed by atoms with Gasteiger partial charge in [0.2, 0.25) is 4.77 Å². The molecule has 2 aromatic carbocycles. The van der Waals surface area contributed by atoms with Gasteiger partial charge in [-0.1, -0.05) is 45.0 Å². The van der Waals surface area contributed by atoms with Crippen LogP contribution in [-0.2, 0) is 5.41 Å². The molecule has 0 bridgehead atoms. The molecule has 0 unspecified atom stereocenters. The van der Waals surface area contributed by atoms with E-state index in [0.717, 1.165) is 16.9 Å². The minimum Gasteiger partial charge on any atom is -0.494 e. The molecule has 5 nitrogen and oxygen atoms in total. The summed E-state index contributed by atoms with van der Waals surface area (Å²) in [6.07, 6.45) is 1.79. The number of aromatic amines is 1. The Morgan fingerprint density at radius 3 is 2.37 bits per heavy atom. The Labute approximate surface area is 164 Å². The Morgan fingerprint density at radius 2 is 1.78 bits per heavy atom. The van der Waals surface area contributed by atoms with Crippen LogP contribution in [0.25, 0.3) is 11.4 Å². The normalized spacial score (nSPS) is 11.9. The molecule has 1 heterocycles. The third kappa shape index (κ3) is 4.52. The highest BCUT2D eigenvalue weighted by Crippen LogP contribution is 2.23. The molecule has 0 amide bonds. The summed E-state index contributed by atoms with van der Waals surface area (Å²) in [5.41, 5.74) is 3.33. The van der Waals surface area contributed by atoms with Crippen molar-refractivity contribution in [3.05, 3.63) is 64.4 Å². The van der Waals surface area contributed by atoms with E-state index in [2.05, 4.69) is 60.3 Å². The summed E-state index contributed by atoms with van der Waals surface area (Å²) in [7, 11) is 0. The first-order valence-electron chi connectivity index (χ1n) is 8.94. The highest BCUT2D eigenvalue weighted by Gasteiger charge is 2.12. The lowest BCUT2D eigenvalue weighted by atomic mass is 9.87. The fraction of sp³-hybridized carbons (Fsp3) is 0.286. The standard InChI is InChI=1S/C21H24N4OS/c1-5-26-18-12-8-16(9-13-18)19-23-24-20(27)25(19)22-14-15-6-10-17(11-7-15)21(2,3)4/h6-14H,5H2,1-4H3,(H,24,27)/b22-14-. The van der Waals surface area contributed by atoms with Crippen molar-refractivity contribution < 1.29 is 4.74 Å². The number of ether oxygens (including phenoxy) is 1. The number of nitrogens with zero attached hydrogens (tertiary/aromatic N) is 3. The van der Waals surface area contributed by atoms with Gasteiger partial charge in [-0.05, 0) is 59.9 Å². The summed E-state index contributed by atoms with van der Waals surface area (Å²) in [5, 5.41) is 11.6. The van der Waals surface area contributed by atoms with E-state index in [1.807, 2.05) is 31.2 Å². The lowest BCUT2D eigenvalue weighted by Crippen LogP contribution is -2.10. The summed E-state index contributed by atoms with van der Waals surface area (Å²) in [6, 6.07) is 16.1. The van der Waals surface area contributed by atoms with Gasteiger partial charge < -0.3 is 4.74 Å². The Kier molecular flexibility index (Phi) is 5.56. The number of rotatable bonds is 5. The number of hydrogen-bond donors (Lipinski definition) is 1. The maximum absolute atomic E-state index is 5.49. The molecular weight excluding hydrogens is 356 g/mol. The maximum Gasteiger partial charge on any atom is 0.216 e. The van der Waals surface area contributed by atoms with Gasteiger partial charge in [-0.2, -0.15) is 14.9 Å². The second-order valence-corrected chi connectivity index (χ2v) is 7.62. The van der Waals surface area contributed by atoms with Gasteiger partial charge >= 0.3 is 0 Å². The van der Waals surface area contributed by atoms with Crippen LogP contribution in [0.5, 0.6) is 5.75 Å². The van der Waals surface area contributed by atoms with Crippen LogP contribution in [0, 0.1) is 4.77 Å². The molecule has 0 fully saturated rings. The predicted octanol–water partition coefficient (Wildman–Crippen LogP) is 5.19. The Morgan fingerprint density at radius 1 is 1.11 bits per heavy atom. The highest BCUT2D eigenvalue weighted by atomic mass is 32.1. The lowest BCUT2D eigenvalue weighted by Gasteiger charge is -2.18. The fourth-order valence-electron chi connectivity index (χ4n) is 2.65. The topological polar surface area (TPSA) is 55.2 Å². The van der Waals surface area contributed by atoms with Crippen LogP contribution in [0.4, 0.5) is 0 Å². The van der Waals surface area contributed by atoms with Crippen molar-refractivity contribution >= 4 is 18.4 Å². The number of H-pyrrole nitrogens is 1. The van der Waals surface area contributed by atoms with Gasteiger partial charge in [-0.15, -0.1) is 0 Å². The fourth-order valence-corrected chi connectivity index (χ4v) is 2.83. The molecule has 0 aliphatic heterocycles. The molecule has 27 heavy (non-hydrogen) atoms. The number of benzene rings is 2. The molecule has 0 aliphatic rings. The Hall–Kier alpha value is -2.73. The zero-order chi connectivity index (χ0) is 19.4. The van der Waals surface area contributed by atoms with E-state index in [4.69, 9.17) is 17.0 Å². The quantitative estimate of drug-likeness (QED) is 0.490. The van der Waals surface area contributed by atoms with Crippen LogP contribution in [-0.4, -0.2) is 27.7 Å². The van der Waals surface area contributed by atoms with E-state index in [1.54, 1.807) is 10.9 Å². The third-order valence-electron chi connectivity index (χ3n) is 4.17. The predicted molar refractivity (Wildman–Crippen MR) is 112 cm³/mol. The Balaban J connectivity index is 1.86. The molecule has 0 saturated heterocycles. The summed E-state index contributed by atoms with van der Waals surface area (Å²) in [6.45, 7) is 9.19. The monoisotopic (exact) mass is 380 g/mol. The third-order valence-corrected chi connectivity index (χ3v) is 4.44. The smallest absolute Gasteiger partial charge is 0.216 e. The van der Waals surface area contributed by atoms with E-state index in [9.17, 15) is 0 Å². The first kappa shape index (κ1) is 19.0. The summed E-state index contributed by atoms with van der Waals surface area (Å²) < 4.78 is 7.56. The second kappa shape index (κ2) is 7.88. The molecule has 0 saturated carbocycles. The van der Waals surface area contributed by atoms with Gasteiger partial charge in [0, 0.05) is 5.56 Å². The Bertz CT molecular complexity index is 977. The summed E-state index contributed by atoms with van der Waals surface area (Å²) in [4.78, 5) is 0. The molecule has 140 valence electrons. The average Bonchev–Trinajstić information content (AvgIpc) is 3.01. The van der Waals surface area contributed by atoms with Crippen molar-refractivity contribution in [3.8, 4) is 17.1 Å². The first-order chi connectivity index (χ1) is 12.9. The molecule has 0 radical (unpaired) electrons.